The van der Waals surface area contributed by atoms with Crippen LogP contribution in [0.3, 0.4) is 0 Å². The molecule has 6 heteroatoms. The Balaban J connectivity index is 1.46. The fourth-order valence-electron chi connectivity index (χ4n) is 4.16. The van der Waals surface area contributed by atoms with Gasteiger partial charge >= 0.3 is 0 Å². The van der Waals surface area contributed by atoms with Crippen LogP contribution in [0.2, 0.25) is 0 Å². The first-order valence-electron chi connectivity index (χ1n) is 9.57. The smallest absolute Gasteiger partial charge is 0.157 e. The quantitative estimate of drug-likeness (QED) is 0.523. The number of likely N-dealkylation sites (tertiary alicyclic amines) is 1. The van der Waals surface area contributed by atoms with Crippen LogP contribution in [-0.2, 0) is 13.6 Å². The minimum Gasteiger partial charge on any atom is -0.290 e. The zero-order valence-electron chi connectivity index (χ0n) is 15.7. The third-order valence-corrected chi connectivity index (χ3v) is 6.65. The fraction of sp³-hybridized carbons (Fsp3) is 0.381. The molecule has 3 aromatic heterocycles. The Morgan fingerprint density at radius 1 is 1.22 bits per heavy atom. The van der Waals surface area contributed by atoms with Gasteiger partial charge in [0.05, 0.1) is 22.0 Å². The molecule has 138 valence electrons. The van der Waals surface area contributed by atoms with E-state index in [1.54, 1.807) is 0 Å². The maximum absolute atomic E-state index is 4.94. The van der Waals surface area contributed by atoms with Gasteiger partial charge in [-0.3, -0.25) is 9.58 Å². The maximum atomic E-state index is 4.94. The average molecular weight is 378 g/mol. The highest BCUT2D eigenvalue weighted by Crippen LogP contribution is 2.36. The highest BCUT2D eigenvalue weighted by molar-refractivity contribution is 7.18. The lowest BCUT2D eigenvalue weighted by atomic mass is 10.0. The number of fused-ring (bicyclic) bond motifs is 2. The van der Waals surface area contributed by atoms with Crippen LogP contribution in [0.15, 0.2) is 36.5 Å². The zero-order valence-corrected chi connectivity index (χ0v) is 16.5. The van der Waals surface area contributed by atoms with Crippen molar-refractivity contribution >= 4 is 32.6 Å². The van der Waals surface area contributed by atoms with Crippen LogP contribution in [0.1, 0.15) is 41.6 Å². The highest BCUT2D eigenvalue weighted by atomic mass is 32.1. The van der Waals surface area contributed by atoms with Gasteiger partial charge in [-0.1, -0.05) is 18.6 Å². The van der Waals surface area contributed by atoms with Gasteiger partial charge in [0.15, 0.2) is 5.65 Å². The summed E-state index contributed by atoms with van der Waals surface area (Å²) in [5.41, 5.74) is 4.38. The highest BCUT2D eigenvalue weighted by Gasteiger charge is 2.27. The molecule has 1 aliphatic rings. The zero-order chi connectivity index (χ0) is 18.4. The molecule has 4 heterocycles. The molecule has 1 saturated heterocycles. The molecule has 0 N–H and O–H groups in total. The van der Waals surface area contributed by atoms with E-state index in [1.165, 1.54) is 34.5 Å². The third kappa shape index (κ3) is 3.03. The molecule has 0 saturated carbocycles. The van der Waals surface area contributed by atoms with Crippen molar-refractivity contribution in [3.8, 4) is 0 Å². The van der Waals surface area contributed by atoms with E-state index in [-0.39, 0.29) is 0 Å². The molecular formula is C21H23N5S. The number of aromatic nitrogens is 4. The van der Waals surface area contributed by atoms with E-state index in [9.17, 15) is 0 Å². The molecule has 5 nitrogen and oxygen atoms in total. The van der Waals surface area contributed by atoms with E-state index >= 15 is 0 Å². The average Bonchev–Trinajstić information content (AvgIpc) is 3.23. The number of aryl methyl sites for hydroxylation is 2. The summed E-state index contributed by atoms with van der Waals surface area (Å²) in [7, 11) is 1.95. The molecular weight excluding hydrogens is 354 g/mol. The van der Waals surface area contributed by atoms with Crippen LogP contribution in [0.25, 0.3) is 21.3 Å². The van der Waals surface area contributed by atoms with E-state index in [4.69, 9.17) is 4.98 Å². The molecule has 5 rings (SSSR count). The molecule has 1 atom stereocenters. The van der Waals surface area contributed by atoms with Gasteiger partial charge in [-0.15, -0.1) is 11.3 Å². The van der Waals surface area contributed by atoms with Crippen molar-refractivity contribution in [3.63, 3.8) is 0 Å². The van der Waals surface area contributed by atoms with Crippen LogP contribution in [0.4, 0.5) is 0 Å². The van der Waals surface area contributed by atoms with Gasteiger partial charge in [-0.2, -0.15) is 5.10 Å². The summed E-state index contributed by atoms with van der Waals surface area (Å²) in [5, 5.41) is 6.91. The Bertz CT molecular complexity index is 1080. The number of hydrogen-bond acceptors (Lipinski definition) is 5. The largest absolute Gasteiger partial charge is 0.290 e. The van der Waals surface area contributed by atoms with Crippen LogP contribution >= 0.6 is 11.3 Å². The first kappa shape index (κ1) is 16.8. The predicted molar refractivity (Wildman–Crippen MR) is 110 cm³/mol. The molecule has 27 heavy (non-hydrogen) atoms. The van der Waals surface area contributed by atoms with Crippen molar-refractivity contribution in [2.75, 3.05) is 6.54 Å². The Morgan fingerprint density at radius 2 is 2.11 bits per heavy atom. The summed E-state index contributed by atoms with van der Waals surface area (Å²) in [6.45, 7) is 4.08. The first-order chi connectivity index (χ1) is 13.2. The van der Waals surface area contributed by atoms with Gasteiger partial charge in [0.25, 0.3) is 0 Å². The van der Waals surface area contributed by atoms with Gasteiger partial charge in [-0.05, 0) is 50.1 Å². The topological polar surface area (TPSA) is 46.8 Å². The minimum absolute atomic E-state index is 0.404. The molecule has 4 aromatic rings. The Morgan fingerprint density at radius 3 is 3.00 bits per heavy atom. The number of thiazole rings is 1. The van der Waals surface area contributed by atoms with Crippen LogP contribution in [0, 0.1) is 6.92 Å². The monoisotopic (exact) mass is 377 g/mol. The van der Waals surface area contributed by atoms with Gasteiger partial charge in [0.1, 0.15) is 5.01 Å². The normalized spacial score (nSPS) is 18.5. The summed E-state index contributed by atoms with van der Waals surface area (Å²) in [6.07, 6.45) is 5.72. The SMILES string of the molecule is Cc1nn(C)c2ncc(CN3CCCCC3c3nc4ccccc4s3)cc12. The molecule has 1 aromatic carbocycles. The fourth-order valence-corrected chi connectivity index (χ4v) is 5.30. The lowest BCUT2D eigenvalue weighted by Gasteiger charge is -2.34. The van der Waals surface area contributed by atoms with Gasteiger partial charge in [-0.25, -0.2) is 9.97 Å². The number of hydrogen-bond donors (Lipinski definition) is 0. The third-order valence-electron chi connectivity index (χ3n) is 5.51. The molecule has 0 bridgehead atoms. The van der Waals surface area contributed by atoms with Crippen molar-refractivity contribution in [2.24, 2.45) is 7.05 Å². The lowest BCUT2D eigenvalue weighted by molar-refractivity contribution is 0.140. The second-order valence-corrected chi connectivity index (χ2v) is 8.49. The standard InChI is InChI=1S/C21H23N5S/c1-14-16-11-15(12-22-20(16)25(2)24-14)13-26-10-6-5-8-18(26)21-23-17-7-3-4-9-19(17)27-21/h3-4,7,9,11-12,18H,5-6,8,10,13H2,1-2H3. The van der Waals surface area contributed by atoms with Crippen LogP contribution in [0.5, 0.6) is 0 Å². The number of para-hydroxylation sites is 1. The predicted octanol–water partition coefficient (Wildman–Crippen LogP) is 4.61. The van der Waals surface area contributed by atoms with E-state index < -0.39 is 0 Å². The summed E-state index contributed by atoms with van der Waals surface area (Å²) in [6, 6.07) is 11.1. The van der Waals surface area contributed by atoms with Crippen LogP contribution < -0.4 is 0 Å². The summed E-state index contributed by atoms with van der Waals surface area (Å²) < 4.78 is 3.14. The van der Waals surface area contributed by atoms with Crippen molar-refractivity contribution in [2.45, 2.75) is 38.8 Å². The van der Waals surface area contributed by atoms with Gasteiger partial charge in [0.2, 0.25) is 0 Å². The Labute approximate surface area is 162 Å². The molecule has 0 radical (unpaired) electrons. The number of nitrogens with zero attached hydrogens (tertiary/aromatic N) is 5. The molecule has 0 amide bonds. The number of piperidine rings is 1. The summed E-state index contributed by atoms with van der Waals surface area (Å²) >= 11 is 1.84. The molecule has 1 aliphatic heterocycles. The number of benzene rings is 1. The Kier molecular flexibility index (Phi) is 4.17. The van der Waals surface area contributed by atoms with Gasteiger partial charge in [0, 0.05) is 25.2 Å². The van der Waals surface area contributed by atoms with E-state index in [0.29, 0.717) is 6.04 Å². The second kappa shape index (κ2) is 6.69. The van der Waals surface area contributed by atoms with Crippen LogP contribution in [-0.4, -0.2) is 31.2 Å². The van der Waals surface area contributed by atoms with Gasteiger partial charge < -0.3 is 0 Å². The molecule has 0 aliphatic carbocycles. The molecule has 0 spiro atoms. The molecule has 1 unspecified atom stereocenters. The van der Waals surface area contributed by atoms with Crippen molar-refractivity contribution in [1.82, 2.24) is 24.6 Å². The maximum Gasteiger partial charge on any atom is 0.157 e. The van der Waals surface area contributed by atoms with Crippen molar-refractivity contribution < 1.29 is 0 Å². The minimum atomic E-state index is 0.404. The molecule has 1 fully saturated rings. The van der Waals surface area contributed by atoms with Crippen molar-refractivity contribution in [3.05, 3.63) is 52.8 Å². The summed E-state index contributed by atoms with van der Waals surface area (Å²) in [5.74, 6) is 0. The number of rotatable bonds is 3. The summed E-state index contributed by atoms with van der Waals surface area (Å²) in [4.78, 5) is 12.2. The first-order valence-corrected chi connectivity index (χ1v) is 10.4. The lowest BCUT2D eigenvalue weighted by Crippen LogP contribution is -2.32. The number of pyridine rings is 1. The van der Waals surface area contributed by atoms with E-state index in [2.05, 4.69) is 52.2 Å². The van der Waals surface area contributed by atoms with E-state index in [1.807, 2.05) is 29.3 Å². The Hall–Kier alpha value is -2.31. The second-order valence-electron chi connectivity index (χ2n) is 7.43. The van der Waals surface area contributed by atoms with Crippen molar-refractivity contribution in [1.29, 1.82) is 0 Å². The van der Waals surface area contributed by atoms with E-state index in [0.717, 1.165) is 35.3 Å².